The zero-order chi connectivity index (χ0) is 18.5. The normalized spacial score (nSPS) is 19.9. The fourth-order valence-electron chi connectivity index (χ4n) is 2.65. The standard InChI is InChI=1S/C21H37BrOSi/c1-16(2)10-9-11-17(3)12-13-18-19(22)14-15-20(18)23-24(7,8)21(4,5)6/h10,12,20H,9,11,13-15H2,1-8H3/b17-12+. The number of halogens is 1. The van der Waals surface area contributed by atoms with E-state index < -0.39 is 8.32 Å². The fourth-order valence-corrected chi connectivity index (χ4v) is 4.62. The predicted molar refractivity (Wildman–Crippen MR) is 114 cm³/mol. The highest BCUT2D eigenvalue weighted by molar-refractivity contribution is 9.11. The minimum Gasteiger partial charge on any atom is -0.410 e. The molecule has 0 bridgehead atoms. The topological polar surface area (TPSA) is 9.23 Å². The van der Waals surface area contributed by atoms with Gasteiger partial charge in [0.15, 0.2) is 8.32 Å². The van der Waals surface area contributed by atoms with Crippen LogP contribution in [0, 0.1) is 0 Å². The van der Waals surface area contributed by atoms with Gasteiger partial charge in [0.2, 0.25) is 0 Å². The average molecular weight is 414 g/mol. The summed E-state index contributed by atoms with van der Waals surface area (Å²) in [5.74, 6) is 0. The molecule has 1 unspecified atom stereocenters. The van der Waals surface area contributed by atoms with Crippen LogP contribution in [0.1, 0.15) is 73.6 Å². The maximum absolute atomic E-state index is 6.70. The highest BCUT2D eigenvalue weighted by Crippen LogP contribution is 2.42. The molecule has 0 aromatic rings. The molecule has 0 aliphatic heterocycles. The molecule has 1 aliphatic carbocycles. The van der Waals surface area contributed by atoms with E-state index in [0.717, 1.165) is 32.1 Å². The van der Waals surface area contributed by atoms with Crippen LogP contribution >= 0.6 is 15.9 Å². The van der Waals surface area contributed by atoms with Crippen molar-refractivity contribution in [1.82, 2.24) is 0 Å². The monoisotopic (exact) mass is 412 g/mol. The molecule has 0 saturated heterocycles. The second-order valence-corrected chi connectivity index (χ2v) is 14.6. The summed E-state index contributed by atoms with van der Waals surface area (Å²) in [4.78, 5) is 0. The van der Waals surface area contributed by atoms with Gasteiger partial charge in [0.05, 0.1) is 6.10 Å². The average Bonchev–Trinajstić information content (AvgIpc) is 2.75. The molecule has 0 aromatic carbocycles. The SMILES string of the molecule is CC(C)=CCC/C(C)=C/CC1=C(Br)CCC1O[Si](C)(C)C(C)(C)C. The predicted octanol–water partition coefficient (Wildman–Crippen LogP) is 7.90. The summed E-state index contributed by atoms with van der Waals surface area (Å²) in [6.07, 6.45) is 10.6. The molecule has 0 N–H and O–H groups in total. The van der Waals surface area contributed by atoms with E-state index in [-0.39, 0.29) is 5.04 Å². The molecule has 0 spiro atoms. The van der Waals surface area contributed by atoms with Crippen molar-refractivity contribution in [2.75, 3.05) is 0 Å². The highest BCUT2D eigenvalue weighted by atomic mass is 79.9. The summed E-state index contributed by atoms with van der Waals surface area (Å²) in [6, 6.07) is 0. The maximum atomic E-state index is 6.70. The third-order valence-corrected chi connectivity index (χ3v) is 10.8. The molecular weight excluding hydrogens is 376 g/mol. The van der Waals surface area contributed by atoms with E-state index >= 15 is 0 Å². The first-order valence-electron chi connectivity index (χ1n) is 9.28. The van der Waals surface area contributed by atoms with Gasteiger partial charge in [-0.1, -0.05) is 60.0 Å². The summed E-state index contributed by atoms with van der Waals surface area (Å²) in [5.41, 5.74) is 4.37. The number of allylic oxidation sites excluding steroid dienone is 5. The minimum absolute atomic E-state index is 0.267. The van der Waals surface area contributed by atoms with Crippen molar-refractivity contribution in [2.24, 2.45) is 0 Å². The van der Waals surface area contributed by atoms with Crippen LogP contribution in [-0.2, 0) is 4.43 Å². The van der Waals surface area contributed by atoms with Gasteiger partial charge in [0.1, 0.15) is 0 Å². The van der Waals surface area contributed by atoms with Gasteiger partial charge < -0.3 is 4.43 Å². The molecule has 24 heavy (non-hydrogen) atoms. The fraction of sp³-hybridized carbons (Fsp3) is 0.714. The van der Waals surface area contributed by atoms with Crippen molar-refractivity contribution in [3.05, 3.63) is 33.4 Å². The summed E-state index contributed by atoms with van der Waals surface area (Å²) in [5, 5.41) is 0.267. The first-order chi connectivity index (χ1) is 10.9. The van der Waals surface area contributed by atoms with E-state index in [4.69, 9.17) is 4.43 Å². The Labute approximate surface area is 159 Å². The minimum atomic E-state index is -1.71. The Hall–Kier alpha value is -0.123. The van der Waals surface area contributed by atoms with Gasteiger partial charge >= 0.3 is 0 Å². The zero-order valence-corrected chi connectivity index (χ0v) is 19.6. The van der Waals surface area contributed by atoms with E-state index in [1.54, 1.807) is 0 Å². The van der Waals surface area contributed by atoms with Gasteiger partial charge in [-0.3, -0.25) is 0 Å². The summed E-state index contributed by atoms with van der Waals surface area (Å²) in [7, 11) is -1.71. The molecule has 0 fully saturated rings. The van der Waals surface area contributed by atoms with Crippen LogP contribution in [0.5, 0.6) is 0 Å². The second-order valence-electron chi connectivity index (χ2n) is 8.91. The summed E-state index contributed by atoms with van der Waals surface area (Å²) in [6.45, 7) is 18.3. The van der Waals surface area contributed by atoms with E-state index in [9.17, 15) is 0 Å². The molecule has 1 aliphatic rings. The van der Waals surface area contributed by atoms with Gasteiger partial charge in [0.25, 0.3) is 0 Å². The van der Waals surface area contributed by atoms with Crippen LogP contribution < -0.4 is 0 Å². The largest absolute Gasteiger partial charge is 0.410 e. The van der Waals surface area contributed by atoms with Gasteiger partial charge in [-0.2, -0.15) is 0 Å². The first-order valence-corrected chi connectivity index (χ1v) is 13.0. The maximum Gasteiger partial charge on any atom is 0.192 e. The molecule has 138 valence electrons. The van der Waals surface area contributed by atoms with Crippen molar-refractivity contribution < 1.29 is 4.43 Å². The zero-order valence-electron chi connectivity index (χ0n) is 17.1. The molecule has 0 aromatic heterocycles. The smallest absolute Gasteiger partial charge is 0.192 e. The second kappa shape index (κ2) is 9.00. The highest BCUT2D eigenvalue weighted by Gasteiger charge is 2.40. The van der Waals surface area contributed by atoms with E-state index in [2.05, 4.69) is 82.7 Å². The van der Waals surface area contributed by atoms with Crippen molar-refractivity contribution in [1.29, 1.82) is 0 Å². The van der Waals surface area contributed by atoms with Gasteiger partial charge in [0, 0.05) is 0 Å². The number of hydrogen-bond acceptors (Lipinski definition) is 1. The number of rotatable bonds is 7. The lowest BCUT2D eigenvalue weighted by molar-refractivity contribution is 0.212. The van der Waals surface area contributed by atoms with Crippen molar-refractivity contribution >= 4 is 24.2 Å². The lowest BCUT2D eigenvalue weighted by Crippen LogP contribution is -2.43. The number of hydrogen-bond donors (Lipinski definition) is 0. The van der Waals surface area contributed by atoms with Crippen molar-refractivity contribution in [3.63, 3.8) is 0 Å². The van der Waals surface area contributed by atoms with E-state index in [1.165, 1.54) is 21.2 Å². The van der Waals surface area contributed by atoms with Gasteiger partial charge in [-0.15, -0.1) is 0 Å². The lowest BCUT2D eigenvalue weighted by atomic mass is 10.0. The summed E-state index contributed by atoms with van der Waals surface area (Å²) < 4.78 is 8.08. The van der Waals surface area contributed by atoms with Crippen LogP contribution in [0.2, 0.25) is 18.1 Å². The van der Waals surface area contributed by atoms with Crippen LogP contribution in [0.3, 0.4) is 0 Å². The third kappa shape index (κ3) is 6.65. The molecule has 0 amide bonds. The van der Waals surface area contributed by atoms with E-state index in [0.29, 0.717) is 6.10 Å². The molecule has 1 atom stereocenters. The Morgan fingerprint density at radius 1 is 1.21 bits per heavy atom. The van der Waals surface area contributed by atoms with Crippen molar-refractivity contribution in [3.8, 4) is 0 Å². The van der Waals surface area contributed by atoms with Gasteiger partial charge in [-0.05, 0) is 81.1 Å². The summed E-state index contributed by atoms with van der Waals surface area (Å²) >= 11 is 3.80. The molecule has 3 heteroatoms. The molecule has 0 heterocycles. The lowest BCUT2D eigenvalue weighted by Gasteiger charge is -2.39. The van der Waals surface area contributed by atoms with Crippen molar-refractivity contribution in [2.45, 2.75) is 97.9 Å². The molecule has 0 radical (unpaired) electrons. The van der Waals surface area contributed by atoms with Crippen LogP contribution in [0.25, 0.3) is 0 Å². The molecule has 0 saturated carbocycles. The Balaban J connectivity index is 2.71. The van der Waals surface area contributed by atoms with Crippen LogP contribution in [0.4, 0.5) is 0 Å². The van der Waals surface area contributed by atoms with Crippen LogP contribution in [0.15, 0.2) is 33.4 Å². The Morgan fingerprint density at radius 2 is 1.83 bits per heavy atom. The van der Waals surface area contributed by atoms with E-state index in [1.807, 2.05) is 0 Å². The Bertz CT molecular complexity index is 516. The third-order valence-electron chi connectivity index (χ3n) is 5.37. The Kier molecular flexibility index (Phi) is 8.22. The molecule has 1 nitrogen and oxygen atoms in total. The van der Waals surface area contributed by atoms with Gasteiger partial charge in [-0.25, -0.2) is 0 Å². The Morgan fingerprint density at radius 3 is 2.38 bits per heavy atom. The first kappa shape index (κ1) is 21.9. The molecule has 1 rings (SSSR count). The molecular formula is C21H37BrOSi. The quantitative estimate of drug-likeness (QED) is 0.304. The van der Waals surface area contributed by atoms with Crippen LogP contribution in [-0.4, -0.2) is 14.4 Å².